The first-order valence-electron chi connectivity index (χ1n) is 4.30. The number of allylic oxidation sites excluding steroid dienone is 1. The van der Waals surface area contributed by atoms with E-state index in [0.717, 1.165) is 0 Å². The lowest BCUT2D eigenvalue weighted by atomic mass is 10.1. The Bertz CT molecular complexity index is 320. The number of hydrogen-bond acceptors (Lipinski definition) is 3. The van der Waals surface area contributed by atoms with Gasteiger partial charge in [0.1, 0.15) is 17.3 Å². The maximum atomic E-state index is 9.52. The molecule has 3 nitrogen and oxygen atoms in total. The van der Waals surface area contributed by atoms with Crippen molar-refractivity contribution in [3.8, 4) is 11.5 Å². The van der Waals surface area contributed by atoms with Gasteiger partial charge in [-0.2, -0.15) is 0 Å². The largest absolute Gasteiger partial charge is 0.508 e. The van der Waals surface area contributed by atoms with Gasteiger partial charge in [0, 0.05) is 11.6 Å². The van der Waals surface area contributed by atoms with E-state index >= 15 is 0 Å². The molecule has 0 amide bonds. The molecule has 1 aromatic rings. The molecule has 0 saturated carbocycles. The summed E-state index contributed by atoms with van der Waals surface area (Å²) in [5.74, 6) is 1.53. The number of aliphatic hydroxyl groups excluding tert-OH is 1. The molecule has 0 atom stereocenters. The highest BCUT2D eigenvalue weighted by Crippen LogP contribution is 2.25. The molecule has 1 aromatic carbocycles. The third-order valence-corrected chi connectivity index (χ3v) is 1.92. The molecular weight excluding hydrogens is 180 g/mol. The highest BCUT2D eigenvalue weighted by molar-refractivity contribution is 5.61. The second-order valence-corrected chi connectivity index (χ2v) is 2.78. The van der Waals surface area contributed by atoms with Gasteiger partial charge in [0.05, 0.1) is 14.2 Å². The van der Waals surface area contributed by atoms with Crippen molar-refractivity contribution >= 4 is 5.76 Å². The molecule has 0 aliphatic carbocycles. The molecule has 1 rings (SSSR count). The fourth-order valence-corrected chi connectivity index (χ4v) is 1.12. The Balaban J connectivity index is 3.17. The van der Waals surface area contributed by atoms with Crippen LogP contribution in [-0.2, 0) is 0 Å². The predicted octanol–water partition coefficient (Wildman–Crippen LogP) is 2.62. The first-order chi connectivity index (χ1) is 6.71. The standard InChI is InChI=1S/C11H14O3/c1-4-11(12)8-5-9(13-2)7-10(6-8)14-3/h4-7,12H,1-3H3. The number of hydrogen-bond donors (Lipinski definition) is 1. The van der Waals surface area contributed by atoms with Gasteiger partial charge in [0.2, 0.25) is 0 Å². The fraction of sp³-hybridized carbons (Fsp3) is 0.273. The normalized spacial score (nSPS) is 11.2. The molecule has 0 spiro atoms. The van der Waals surface area contributed by atoms with Crippen molar-refractivity contribution in [2.75, 3.05) is 14.2 Å². The molecule has 0 aromatic heterocycles. The first kappa shape index (κ1) is 10.4. The summed E-state index contributed by atoms with van der Waals surface area (Å²) in [7, 11) is 3.15. The van der Waals surface area contributed by atoms with E-state index in [0.29, 0.717) is 17.1 Å². The molecule has 0 fully saturated rings. The van der Waals surface area contributed by atoms with Crippen LogP contribution in [0.4, 0.5) is 0 Å². The first-order valence-corrected chi connectivity index (χ1v) is 4.30. The number of rotatable bonds is 3. The molecule has 3 heteroatoms. The van der Waals surface area contributed by atoms with Crippen LogP contribution < -0.4 is 9.47 Å². The Morgan fingerprint density at radius 2 is 1.64 bits per heavy atom. The van der Waals surface area contributed by atoms with E-state index in [4.69, 9.17) is 9.47 Å². The van der Waals surface area contributed by atoms with Crippen molar-refractivity contribution in [3.05, 3.63) is 29.8 Å². The third-order valence-electron chi connectivity index (χ3n) is 1.92. The Morgan fingerprint density at radius 3 is 2.00 bits per heavy atom. The van der Waals surface area contributed by atoms with Crippen molar-refractivity contribution in [2.24, 2.45) is 0 Å². The summed E-state index contributed by atoms with van der Waals surface area (Å²) in [5.41, 5.74) is 0.684. The summed E-state index contributed by atoms with van der Waals surface area (Å²) < 4.78 is 10.1. The SMILES string of the molecule is CC=C(O)c1cc(OC)cc(OC)c1. The van der Waals surface area contributed by atoms with E-state index in [9.17, 15) is 5.11 Å². The van der Waals surface area contributed by atoms with Gasteiger partial charge in [0.25, 0.3) is 0 Å². The monoisotopic (exact) mass is 194 g/mol. The molecule has 0 aliphatic heterocycles. The van der Waals surface area contributed by atoms with Crippen LogP contribution in [-0.4, -0.2) is 19.3 Å². The van der Waals surface area contributed by atoms with Gasteiger partial charge in [-0.25, -0.2) is 0 Å². The number of aliphatic hydroxyl groups is 1. The van der Waals surface area contributed by atoms with Crippen LogP contribution in [0.5, 0.6) is 11.5 Å². The van der Waals surface area contributed by atoms with Crippen LogP contribution in [0.3, 0.4) is 0 Å². The van der Waals surface area contributed by atoms with E-state index in [1.165, 1.54) is 0 Å². The second kappa shape index (κ2) is 4.56. The van der Waals surface area contributed by atoms with E-state index in [2.05, 4.69) is 0 Å². The van der Waals surface area contributed by atoms with Crippen LogP contribution in [0.2, 0.25) is 0 Å². The Labute approximate surface area is 83.6 Å². The summed E-state index contributed by atoms with van der Waals surface area (Å²) in [6.07, 6.45) is 1.62. The minimum Gasteiger partial charge on any atom is -0.508 e. The quantitative estimate of drug-likeness (QED) is 0.752. The molecule has 0 saturated heterocycles. The van der Waals surface area contributed by atoms with Crippen LogP contribution in [0.15, 0.2) is 24.3 Å². The molecule has 14 heavy (non-hydrogen) atoms. The number of methoxy groups -OCH3 is 2. The van der Waals surface area contributed by atoms with Gasteiger partial charge < -0.3 is 14.6 Å². The maximum absolute atomic E-state index is 9.52. The van der Waals surface area contributed by atoms with Crippen molar-refractivity contribution < 1.29 is 14.6 Å². The Morgan fingerprint density at radius 1 is 1.14 bits per heavy atom. The van der Waals surface area contributed by atoms with Gasteiger partial charge in [-0.3, -0.25) is 0 Å². The van der Waals surface area contributed by atoms with E-state index in [-0.39, 0.29) is 5.76 Å². The van der Waals surface area contributed by atoms with Crippen molar-refractivity contribution in [1.29, 1.82) is 0 Å². The van der Waals surface area contributed by atoms with Gasteiger partial charge in [-0.1, -0.05) is 0 Å². The van der Waals surface area contributed by atoms with Crippen molar-refractivity contribution in [1.82, 2.24) is 0 Å². The lowest BCUT2D eigenvalue weighted by Crippen LogP contribution is -1.90. The molecule has 0 bridgehead atoms. The molecule has 0 unspecified atom stereocenters. The van der Waals surface area contributed by atoms with E-state index < -0.39 is 0 Å². The van der Waals surface area contributed by atoms with Crippen LogP contribution in [0.25, 0.3) is 5.76 Å². The second-order valence-electron chi connectivity index (χ2n) is 2.78. The number of ether oxygens (including phenoxy) is 2. The fourth-order valence-electron chi connectivity index (χ4n) is 1.12. The minimum absolute atomic E-state index is 0.210. The average Bonchev–Trinajstić information content (AvgIpc) is 2.27. The summed E-state index contributed by atoms with van der Waals surface area (Å²) in [4.78, 5) is 0. The maximum Gasteiger partial charge on any atom is 0.123 e. The molecule has 0 heterocycles. The third kappa shape index (κ3) is 2.19. The van der Waals surface area contributed by atoms with Crippen LogP contribution >= 0.6 is 0 Å². The summed E-state index contributed by atoms with van der Waals surface area (Å²) in [5, 5.41) is 9.52. The van der Waals surface area contributed by atoms with Crippen LogP contribution in [0.1, 0.15) is 12.5 Å². The smallest absolute Gasteiger partial charge is 0.123 e. The average molecular weight is 194 g/mol. The number of benzene rings is 1. The minimum atomic E-state index is 0.210. The molecule has 1 N–H and O–H groups in total. The summed E-state index contributed by atoms with van der Waals surface area (Å²) in [6, 6.07) is 5.25. The van der Waals surface area contributed by atoms with Crippen molar-refractivity contribution in [3.63, 3.8) is 0 Å². The van der Waals surface area contributed by atoms with Gasteiger partial charge >= 0.3 is 0 Å². The Hall–Kier alpha value is -1.64. The topological polar surface area (TPSA) is 38.7 Å². The predicted molar refractivity (Wildman–Crippen MR) is 55.8 cm³/mol. The van der Waals surface area contributed by atoms with Gasteiger partial charge in [-0.05, 0) is 25.1 Å². The van der Waals surface area contributed by atoms with E-state index in [1.807, 2.05) is 0 Å². The van der Waals surface area contributed by atoms with E-state index in [1.54, 1.807) is 45.4 Å². The van der Waals surface area contributed by atoms with Crippen molar-refractivity contribution in [2.45, 2.75) is 6.92 Å². The molecule has 0 radical (unpaired) electrons. The lowest BCUT2D eigenvalue weighted by molar-refractivity contribution is 0.393. The van der Waals surface area contributed by atoms with Crippen LogP contribution in [0, 0.1) is 0 Å². The highest BCUT2D eigenvalue weighted by atomic mass is 16.5. The van der Waals surface area contributed by atoms with Gasteiger partial charge in [-0.15, -0.1) is 0 Å². The molecule has 0 aliphatic rings. The Kier molecular flexibility index (Phi) is 3.40. The zero-order chi connectivity index (χ0) is 10.6. The summed E-state index contributed by atoms with van der Waals surface area (Å²) in [6.45, 7) is 1.77. The molecular formula is C11H14O3. The zero-order valence-electron chi connectivity index (χ0n) is 8.57. The lowest BCUT2D eigenvalue weighted by Gasteiger charge is -2.07. The molecule has 76 valence electrons. The summed E-state index contributed by atoms with van der Waals surface area (Å²) >= 11 is 0. The van der Waals surface area contributed by atoms with Gasteiger partial charge in [0.15, 0.2) is 0 Å². The highest BCUT2D eigenvalue weighted by Gasteiger charge is 2.04. The zero-order valence-corrected chi connectivity index (χ0v) is 8.57.